The standard InChI is InChI=1S/C26H30N4O2/c1-18-6-9-25(28-13-18)30-21-7-8-22(30)16-29(15-21)26(31)17-32-11-10-20-4-3-5-24-23(20)12-19(2)14-27-24/h3-6,9,12-14,21-22H,7-8,10-11,15-17H2,1-2H3. The first-order valence-electron chi connectivity index (χ1n) is 11.5. The van der Waals surface area contributed by atoms with Gasteiger partial charge in [-0.15, -0.1) is 0 Å². The van der Waals surface area contributed by atoms with E-state index < -0.39 is 0 Å². The molecule has 4 heterocycles. The van der Waals surface area contributed by atoms with Crippen LogP contribution in [0.15, 0.2) is 48.8 Å². The van der Waals surface area contributed by atoms with Crippen molar-refractivity contribution in [3.8, 4) is 0 Å². The third-order valence-electron chi connectivity index (χ3n) is 6.69. The van der Waals surface area contributed by atoms with Crippen molar-refractivity contribution in [2.24, 2.45) is 0 Å². The number of nitrogens with zero attached hydrogens (tertiary/aromatic N) is 4. The van der Waals surface area contributed by atoms with E-state index in [2.05, 4.69) is 53.0 Å². The molecule has 0 spiro atoms. The second-order valence-corrected chi connectivity index (χ2v) is 9.08. The lowest BCUT2D eigenvalue weighted by molar-refractivity contribution is -0.137. The molecular weight excluding hydrogens is 400 g/mol. The number of anilines is 1. The fraction of sp³-hybridized carbons (Fsp3) is 0.423. The third kappa shape index (κ3) is 4.19. The molecule has 0 N–H and O–H groups in total. The van der Waals surface area contributed by atoms with Crippen LogP contribution >= 0.6 is 0 Å². The van der Waals surface area contributed by atoms with Crippen LogP contribution in [0.25, 0.3) is 10.9 Å². The van der Waals surface area contributed by atoms with Gasteiger partial charge in [-0.3, -0.25) is 9.78 Å². The van der Waals surface area contributed by atoms with Crippen LogP contribution < -0.4 is 4.90 Å². The molecule has 2 aliphatic heterocycles. The smallest absolute Gasteiger partial charge is 0.248 e. The second kappa shape index (κ2) is 8.87. The summed E-state index contributed by atoms with van der Waals surface area (Å²) in [5, 5.41) is 1.17. The number of aromatic nitrogens is 2. The predicted molar refractivity (Wildman–Crippen MR) is 126 cm³/mol. The predicted octanol–water partition coefficient (Wildman–Crippen LogP) is 3.69. The number of carbonyl (C=O) groups is 1. The second-order valence-electron chi connectivity index (χ2n) is 9.08. The first-order chi connectivity index (χ1) is 15.6. The van der Waals surface area contributed by atoms with Crippen LogP contribution in [-0.2, 0) is 16.0 Å². The highest BCUT2D eigenvalue weighted by atomic mass is 16.5. The number of carbonyl (C=O) groups excluding carboxylic acids is 1. The highest BCUT2D eigenvalue weighted by Crippen LogP contribution is 2.33. The summed E-state index contributed by atoms with van der Waals surface area (Å²) in [4.78, 5) is 26.4. The van der Waals surface area contributed by atoms with Crippen LogP contribution in [-0.4, -0.2) is 59.2 Å². The summed E-state index contributed by atoms with van der Waals surface area (Å²) in [5.41, 5.74) is 4.53. The van der Waals surface area contributed by atoms with Gasteiger partial charge in [0.05, 0.1) is 12.1 Å². The Morgan fingerprint density at radius 3 is 2.56 bits per heavy atom. The number of aryl methyl sites for hydroxylation is 2. The van der Waals surface area contributed by atoms with Gasteiger partial charge in [-0.25, -0.2) is 4.98 Å². The first kappa shape index (κ1) is 20.9. The van der Waals surface area contributed by atoms with E-state index in [1.807, 2.05) is 29.4 Å². The molecule has 32 heavy (non-hydrogen) atoms. The first-order valence-corrected chi connectivity index (χ1v) is 11.5. The number of likely N-dealkylation sites (tertiary alicyclic amines) is 1. The Morgan fingerprint density at radius 1 is 1.03 bits per heavy atom. The molecule has 0 aliphatic carbocycles. The van der Waals surface area contributed by atoms with Gasteiger partial charge in [0.2, 0.25) is 5.91 Å². The molecule has 1 aromatic carbocycles. The van der Waals surface area contributed by atoms with Gasteiger partial charge in [0.15, 0.2) is 0 Å². The van der Waals surface area contributed by atoms with E-state index in [-0.39, 0.29) is 12.5 Å². The lowest BCUT2D eigenvalue weighted by Gasteiger charge is -2.41. The largest absolute Gasteiger partial charge is 0.371 e. The van der Waals surface area contributed by atoms with Crippen molar-refractivity contribution in [1.29, 1.82) is 0 Å². The van der Waals surface area contributed by atoms with E-state index in [1.54, 1.807) is 0 Å². The molecule has 2 bridgehead atoms. The molecule has 2 atom stereocenters. The van der Waals surface area contributed by atoms with E-state index in [0.717, 1.165) is 49.2 Å². The monoisotopic (exact) mass is 430 g/mol. The van der Waals surface area contributed by atoms with Crippen LogP contribution in [0.5, 0.6) is 0 Å². The molecule has 2 fully saturated rings. The molecule has 6 heteroatoms. The molecule has 0 radical (unpaired) electrons. The maximum atomic E-state index is 12.8. The van der Waals surface area contributed by atoms with Gasteiger partial charge in [0.25, 0.3) is 0 Å². The van der Waals surface area contributed by atoms with Crippen LogP contribution in [0.3, 0.4) is 0 Å². The third-order valence-corrected chi connectivity index (χ3v) is 6.69. The highest BCUT2D eigenvalue weighted by molar-refractivity contribution is 5.82. The van der Waals surface area contributed by atoms with Crippen LogP contribution in [0.2, 0.25) is 0 Å². The average Bonchev–Trinajstić information content (AvgIpc) is 3.06. The average molecular weight is 431 g/mol. The fourth-order valence-electron chi connectivity index (χ4n) is 5.06. The number of hydrogen-bond acceptors (Lipinski definition) is 5. The van der Waals surface area contributed by atoms with Gasteiger partial charge in [0, 0.05) is 43.0 Å². The van der Waals surface area contributed by atoms with Crippen molar-refractivity contribution >= 4 is 22.6 Å². The topological polar surface area (TPSA) is 58.6 Å². The van der Waals surface area contributed by atoms with Gasteiger partial charge in [0.1, 0.15) is 12.4 Å². The number of hydrogen-bond donors (Lipinski definition) is 0. The van der Waals surface area contributed by atoms with E-state index >= 15 is 0 Å². The van der Waals surface area contributed by atoms with Crippen LogP contribution in [0.4, 0.5) is 5.82 Å². The summed E-state index contributed by atoms with van der Waals surface area (Å²) >= 11 is 0. The number of piperazine rings is 1. The number of amides is 1. The van der Waals surface area contributed by atoms with Gasteiger partial charge >= 0.3 is 0 Å². The molecule has 6 nitrogen and oxygen atoms in total. The highest BCUT2D eigenvalue weighted by Gasteiger charge is 2.41. The van der Waals surface area contributed by atoms with Crippen LogP contribution in [0.1, 0.15) is 29.5 Å². The van der Waals surface area contributed by atoms with Gasteiger partial charge in [-0.05, 0) is 68.0 Å². The number of pyridine rings is 2. The molecule has 166 valence electrons. The zero-order valence-corrected chi connectivity index (χ0v) is 18.8. The van der Waals surface area contributed by atoms with Gasteiger partial charge in [-0.2, -0.15) is 0 Å². The minimum Gasteiger partial charge on any atom is -0.371 e. The lowest BCUT2D eigenvalue weighted by atomic mass is 10.0. The number of benzene rings is 1. The Kier molecular flexibility index (Phi) is 5.79. The quantitative estimate of drug-likeness (QED) is 0.559. The van der Waals surface area contributed by atoms with Gasteiger partial charge < -0.3 is 14.5 Å². The SMILES string of the molecule is Cc1ccc(N2C3CCC2CN(C(=O)COCCc2cccc4ncc(C)cc24)C3)nc1. The zero-order chi connectivity index (χ0) is 22.1. The Morgan fingerprint density at radius 2 is 1.81 bits per heavy atom. The lowest BCUT2D eigenvalue weighted by Crippen LogP contribution is -2.56. The number of rotatable bonds is 6. The molecule has 0 saturated carbocycles. The molecule has 5 rings (SSSR count). The number of ether oxygens (including phenoxy) is 1. The van der Waals surface area contributed by atoms with Crippen molar-refractivity contribution in [3.05, 3.63) is 65.5 Å². The van der Waals surface area contributed by atoms with E-state index in [4.69, 9.17) is 4.74 Å². The summed E-state index contributed by atoms with van der Waals surface area (Å²) in [6.45, 7) is 6.29. The van der Waals surface area contributed by atoms with Crippen molar-refractivity contribution in [1.82, 2.24) is 14.9 Å². The molecular formula is C26H30N4O2. The molecule has 3 aromatic rings. The normalized spacial score (nSPS) is 20.2. The summed E-state index contributed by atoms with van der Waals surface area (Å²) in [5.74, 6) is 1.13. The minimum absolute atomic E-state index is 0.0915. The molecule has 2 aliphatic rings. The Hall–Kier alpha value is -2.99. The van der Waals surface area contributed by atoms with Crippen LogP contribution in [0, 0.1) is 13.8 Å². The maximum Gasteiger partial charge on any atom is 0.248 e. The molecule has 1 amide bonds. The number of fused-ring (bicyclic) bond motifs is 3. The Labute approximate surface area is 189 Å². The summed E-state index contributed by atoms with van der Waals surface area (Å²) in [6.07, 6.45) is 6.81. The van der Waals surface area contributed by atoms with E-state index in [1.165, 1.54) is 16.5 Å². The van der Waals surface area contributed by atoms with Crippen molar-refractivity contribution in [2.45, 2.75) is 45.2 Å². The summed E-state index contributed by atoms with van der Waals surface area (Å²) in [7, 11) is 0. The van der Waals surface area contributed by atoms with Crippen molar-refractivity contribution < 1.29 is 9.53 Å². The van der Waals surface area contributed by atoms with Crippen molar-refractivity contribution in [3.63, 3.8) is 0 Å². The zero-order valence-electron chi connectivity index (χ0n) is 18.8. The minimum atomic E-state index is 0.0915. The molecule has 2 aromatic heterocycles. The van der Waals surface area contributed by atoms with Gasteiger partial charge in [-0.1, -0.05) is 18.2 Å². The fourth-order valence-corrected chi connectivity index (χ4v) is 5.06. The maximum absolute atomic E-state index is 12.8. The summed E-state index contributed by atoms with van der Waals surface area (Å²) in [6, 6.07) is 13.3. The van der Waals surface area contributed by atoms with Crippen molar-refractivity contribution in [2.75, 3.05) is 31.2 Å². The molecule has 2 unspecified atom stereocenters. The Bertz CT molecular complexity index is 1100. The molecule has 2 saturated heterocycles. The Balaban J connectivity index is 1.14. The van der Waals surface area contributed by atoms with E-state index in [9.17, 15) is 4.79 Å². The summed E-state index contributed by atoms with van der Waals surface area (Å²) < 4.78 is 5.81. The van der Waals surface area contributed by atoms with E-state index in [0.29, 0.717) is 18.7 Å².